The molecule has 0 radical (unpaired) electrons. The maximum Gasteiger partial charge on any atom is 2.00 e. The van der Waals surface area contributed by atoms with Crippen molar-refractivity contribution in [1.29, 1.82) is 10.5 Å². The molecule has 0 amide bonds. The number of hydrogen-bond acceptors (Lipinski definition) is 10. The molecular formula is C21H22N4O7Zn. The third-order valence-electron chi connectivity index (χ3n) is 3.10. The van der Waals surface area contributed by atoms with Crippen LogP contribution in [0.25, 0.3) is 5.32 Å². The zero-order chi connectivity index (χ0) is 25.1. The topological polar surface area (TPSA) is 215 Å². The summed E-state index contributed by atoms with van der Waals surface area (Å²) < 4.78 is 0. The van der Waals surface area contributed by atoms with Crippen LogP contribution in [0.15, 0.2) is 70.3 Å². The van der Waals surface area contributed by atoms with Gasteiger partial charge >= 0.3 is 19.5 Å². The third kappa shape index (κ3) is 12.0. The average molecular weight is 508 g/mol. The first-order valence-corrected chi connectivity index (χ1v) is 8.41. The minimum Gasteiger partial charge on any atom is -0.872 e. The molecule has 1 aromatic rings. The second kappa shape index (κ2) is 20.1. The van der Waals surface area contributed by atoms with Crippen molar-refractivity contribution in [2.45, 2.75) is 0 Å². The summed E-state index contributed by atoms with van der Waals surface area (Å²) in [5.41, 5.74) is -0.501. The Morgan fingerprint density at radius 1 is 1.06 bits per heavy atom. The largest absolute Gasteiger partial charge is 2.00 e. The summed E-state index contributed by atoms with van der Waals surface area (Å²) >= 11 is 0. The number of aromatic hydroxyl groups is 1. The van der Waals surface area contributed by atoms with E-state index in [2.05, 4.69) is 10.3 Å². The fourth-order valence-corrected chi connectivity index (χ4v) is 1.81. The van der Waals surface area contributed by atoms with Crippen LogP contribution in [0.3, 0.4) is 0 Å². The van der Waals surface area contributed by atoms with E-state index in [9.17, 15) is 20.1 Å². The zero-order valence-electron chi connectivity index (χ0n) is 18.2. The van der Waals surface area contributed by atoms with E-state index >= 15 is 0 Å². The fraction of sp³-hybridized carbons (Fsp3) is 0.143. The Kier molecular flexibility index (Phi) is 20.6. The molecule has 11 nitrogen and oxygen atoms in total. The number of ketones is 1. The van der Waals surface area contributed by atoms with Crippen molar-refractivity contribution in [2.75, 3.05) is 21.3 Å². The number of aliphatic hydroxyl groups is 4. The molecule has 0 aromatic heterocycles. The molecule has 0 spiro atoms. The van der Waals surface area contributed by atoms with Crippen molar-refractivity contribution < 1.29 is 54.9 Å². The number of carbonyl (C=O) groups excluding carboxylic acids is 1. The maximum absolute atomic E-state index is 11.7. The second-order valence-electron chi connectivity index (χ2n) is 4.88. The molecule has 0 bridgehead atoms. The van der Waals surface area contributed by atoms with Gasteiger partial charge in [0, 0.05) is 39.2 Å². The van der Waals surface area contributed by atoms with Crippen LogP contribution in [0.2, 0.25) is 0 Å². The van der Waals surface area contributed by atoms with Gasteiger partial charge in [0.2, 0.25) is 0 Å². The third-order valence-corrected chi connectivity index (χ3v) is 3.10. The Hall–Kier alpha value is -3.80. The normalized spacial score (nSPS) is 13.2. The summed E-state index contributed by atoms with van der Waals surface area (Å²) in [6.45, 7) is 0. The van der Waals surface area contributed by atoms with E-state index in [4.69, 9.17) is 25.8 Å². The van der Waals surface area contributed by atoms with Gasteiger partial charge in [-0.1, -0.05) is 11.8 Å². The quantitative estimate of drug-likeness (QED) is 0.168. The number of phenols is 1. The molecular weight excluding hydrogens is 486 g/mol. The molecule has 33 heavy (non-hydrogen) atoms. The molecule has 0 unspecified atom stereocenters. The van der Waals surface area contributed by atoms with Gasteiger partial charge < -0.3 is 36.0 Å². The van der Waals surface area contributed by atoms with Crippen molar-refractivity contribution in [2.24, 2.45) is 4.99 Å². The summed E-state index contributed by atoms with van der Waals surface area (Å²) in [5, 5.41) is 73.1. The van der Waals surface area contributed by atoms with E-state index in [1.165, 1.54) is 24.3 Å². The first-order valence-electron chi connectivity index (χ1n) is 8.41. The van der Waals surface area contributed by atoms with E-state index in [1.54, 1.807) is 12.1 Å². The number of allylic oxidation sites excluding steroid dienone is 6. The number of nitrogens with zero attached hydrogens (tertiary/aromatic N) is 4. The number of phenolic OH excluding ortho intramolecular Hbond substituents is 1. The Bertz CT molecular complexity index is 1000. The van der Waals surface area contributed by atoms with Crippen LogP contribution in [0, 0.1) is 22.7 Å². The number of aliphatic hydroxyl groups excluding tert-OH is 4. The molecule has 0 saturated carbocycles. The molecule has 170 valence electrons. The van der Waals surface area contributed by atoms with Crippen LogP contribution in [-0.2, 0) is 24.3 Å². The first kappa shape index (κ1) is 33.8. The zero-order valence-corrected chi connectivity index (χ0v) is 21.1. The molecule has 0 atom stereocenters. The number of benzene rings is 1. The Labute approximate surface area is 203 Å². The van der Waals surface area contributed by atoms with Crippen LogP contribution in [-0.4, -0.2) is 58.9 Å². The summed E-state index contributed by atoms with van der Waals surface area (Å²) in [5.74, 6) is -1.41. The fourth-order valence-electron chi connectivity index (χ4n) is 1.81. The van der Waals surface area contributed by atoms with Crippen LogP contribution in [0.5, 0.6) is 11.5 Å². The van der Waals surface area contributed by atoms with Gasteiger partial charge in [0.05, 0.1) is 6.07 Å². The number of rotatable bonds is 4. The monoisotopic (exact) mass is 506 g/mol. The van der Waals surface area contributed by atoms with Crippen LogP contribution in [0.1, 0.15) is 5.56 Å². The van der Waals surface area contributed by atoms with Crippen LogP contribution in [0.4, 0.5) is 0 Å². The van der Waals surface area contributed by atoms with Gasteiger partial charge in [-0.05, 0) is 35.5 Å². The van der Waals surface area contributed by atoms with Crippen LogP contribution >= 0.6 is 0 Å². The second-order valence-corrected chi connectivity index (χ2v) is 4.88. The van der Waals surface area contributed by atoms with Gasteiger partial charge in [-0.3, -0.25) is 4.79 Å². The van der Waals surface area contributed by atoms with Crippen molar-refractivity contribution in [3.63, 3.8) is 0 Å². The predicted octanol–water partition coefficient (Wildman–Crippen LogP) is 0.805. The van der Waals surface area contributed by atoms with E-state index in [0.717, 1.165) is 45.9 Å². The maximum atomic E-state index is 11.7. The average Bonchev–Trinajstić information content (AvgIpc) is 2.82. The Balaban J connectivity index is -0.00000119. The molecule has 0 saturated heterocycles. The first-order chi connectivity index (χ1) is 15.4. The van der Waals surface area contributed by atoms with Gasteiger partial charge in [-0.15, -0.1) is 0 Å². The molecule has 2 rings (SSSR count). The SMILES string of the molecule is CO.CO.CO.N#C/C(N=Cc1ccc(O)cc1[O-])=C(\C#N)[N-]/C=C1/C=CC(O)=CC1=O.[Zn+2]. The van der Waals surface area contributed by atoms with E-state index in [-0.39, 0.29) is 53.5 Å². The Morgan fingerprint density at radius 2 is 1.67 bits per heavy atom. The van der Waals surface area contributed by atoms with Crippen molar-refractivity contribution in [3.05, 3.63) is 76.2 Å². The van der Waals surface area contributed by atoms with Gasteiger partial charge in [0.1, 0.15) is 23.3 Å². The van der Waals surface area contributed by atoms with E-state index in [1.807, 2.05) is 0 Å². The molecule has 5 N–H and O–H groups in total. The summed E-state index contributed by atoms with van der Waals surface area (Å²) in [4.78, 5) is 15.4. The minimum atomic E-state index is -0.506. The summed E-state index contributed by atoms with van der Waals surface area (Å²) in [6, 6.07) is 6.96. The van der Waals surface area contributed by atoms with Crippen molar-refractivity contribution >= 4 is 12.0 Å². The smallest absolute Gasteiger partial charge is 0.872 e. The molecule has 0 aliphatic heterocycles. The van der Waals surface area contributed by atoms with Gasteiger partial charge in [0.15, 0.2) is 5.78 Å². The van der Waals surface area contributed by atoms with Crippen molar-refractivity contribution in [1.82, 2.24) is 0 Å². The Morgan fingerprint density at radius 3 is 2.15 bits per heavy atom. The molecule has 1 aliphatic carbocycles. The standard InChI is InChI=1S/C18H12N4O4.3CH4O.Zn/c19-7-15(21-9-11-1-3-13(23)5-17(11)25)16(8-20)22-10-12-2-4-14(24)6-18(12)26;3*1-2;/h1-6,9-10H,(H4,21,22,23,24,25,26);3*2H,1H3;/q;;;;+2/p-2/b16-15-;;;;. The molecule has 12 heteroatoms. The van der Waals surface area contributed by atoms with Gasteiger partial charge in [-0.25, -0.2) is 4.99 Å². The molecule has 1 aromatic carbocycles. The van der Waals surface area contributed by atoms with Crippen molar-refractivity contribution in [3.8, 4) is 23.6 Å². The number of hydrogen-bond donors (Lipinski definition) is 5. The summed E-state index contributed by atoms with van der Waals surface area (Å²) in [6.07, 6.45) is 5.73. The number of carbonyl (C=O) groups is 1. The number of nitriles is 2. The summed E-state index contributed by atoms with van der Waals surface area (Å²) in [7, 11) is 3.00. The minimum absolute atomic E-state index is 0. The van der Waals surface area contributed by atoms with E-state index < -0.39 is 11.5 Å². The molecule has 1 aliphatic rings. The molecule has 0 heterocycles. The number of aliphatic imine (C=N–C) groups is 1. The van der Waals surface area contributed by atoms with E-state index in [0.29, 0.717) is 0 Å². The van der Waals surface area contributed by atoms with Gasteiger partial charge in [-0.2, -0.15) is 16.7 Å². The molecule has 0 fully saturated rings. The predicted molar refractivity (Wildman–Crippen MR) is 114 cm³/mol. The van der Waals surface area contributed by atoms with Gasteiger partial charge in [0.25, 0.3) is 0 Å². The van der Waals surface area contributed by atoms with Crippen LogP contribution < -0.4 is 5.11 Å².